The highest BCUT2D eigenvalue weighted by Crippen LogP contribution is 2.29. The van der Waals surface area contributed by atoms with Crippen molar-refractivity contribution >= 4 is 28.0 Å². The Morgan fingerprint density at radius 1 is 1.00 bits per heavy atom. The van der Waals surface area contributed by atoms with Crippen LogP contribution in [0, 0.1) is 5.82 Å². The standard InChI is InChI=1S/C14H10FN/c1-2-16-13-6-4-3-5-11(13)12-9-10(15)7-8-14(12)16/h2-9H,1H2. The molecule has 16 heavy (non-hydrogen) atoms. The van der Waals surface area contributed by atoms with E-state index in [1.165, 1.54) is 6.07 Å². The minimum atomic E-state index is -0.209. The molecular weight excluding hydrogens is 201 g/mol. The lowest BCUT2D eigenvalue weighted by Crippen LogP contribution is -1.83. The monoisotopic (exact) mass is 211 g/mol. The normalized spacial score (nSPS) is 11.1. The first-order valence-electron chi connectivity index (χ1n) is 5.12. The summed E-state index contributed by atoms with van der Waals surface area (Å²) in [6, 6.07) is 12.8. The van der Waals surface area contributed by atoms with Crippen LogP contribution in [0.1, 0.15) is 0 Å². The molecule has 0 atom stereocenters. The average Bonchev–Trinajstić information content (AvgIpc) is 2.62. The zero-order valence-corrected chi connectivity index (χ0v) is 8.65. The second-order valence-electron chi connectivity index (χ2n) is 3.73. The minimum absolute atomic E-state index is 0.209. The van der Waals surface area contributed by atoms with Gasteiger partial charge in [0.25, 0.3) is 0 Å². The summed E-state index contributed by atoms with van der Waals surface area (Å²) in [6.45, 7) is 3.80. The van der Waals surface area contributed by atoms with Crippen LogP contribution in [0.4, 0.5) is 4.39 Å². The molecule has 1 heterocycles. The van der Waals surface area contributed by atoms with Gasteiger partial charge in [0.15, 0.2) is 0 Å². The van der Waals surface area contributed by atoms with E-state index in [0.29, 0.717) is 0 Å². The SMILES string of the molecule is C=Cn1c2ccccc2c2cc(F)ccc21. The predicted molar refractivity (Wildman–Crippen MR) is 65.8 cm³/mol. The molecule has 0 spiro atoms. The molecule has 0 bridgehead atoms. The molecule has 2 aromatic carbocycles. The number of hydrogen-bond acceptors (Lipinski definition) is 0. The van der Waals surface area contributed by atoms with E-state index in [4.69, 9.17) is 0 Å². The fourth-order valence-corrected chi connectivity index (χ4v) is 2.17. The van der Waals surface area contributed by atoms with Gasteiger partial charge in [0, 0.05) is 17.0 Å². The Kier molecular flexibility index (Phi) is 1.83. The van der Waals surface area contributed by atoms with Gasteiger partial charge in [-0.2, -0.15) is 0 Å². The molecule has 0 aliphatic carbocycles. The number of nitrogens with zero attached hydrogens (tertiary/aromatic N) is 1. The molecular formula is C14H10FN. The number of benzene rings is 2. The Hall–Kier alpha value is -2.09. The van der Waals surface area contributed by atoms with Crippen molar-refractivity contribution in [3.63, 3.8) is 0 Å². The van der Waals surface area contributed by atoms with E-state index in [-0.39, 0.29) is 5.82 Å². The first-order valence-corrected chi connectivity index (χ1v) is 5.12. The van der Waals surface area contributed by atoms with Crippen LogP contribution >= 0.6 is 0 Å². The summed E-state index contributed by atoms with van der Waals surface area (Å²) in [4.78, 5) is 0. The lowest BCUT2D eigenvalue weighted by atomic mass is 10.1. The van der Waals surface area contributed by atoms with Crippen LogP contribution < -0.4 is 0 Å². The van der Waals surface area contributed by atoms with Gasteiger partial charge in [0.2, 0.25) is 0 Å². The maximum Gasteiger partial charge on any atom is 0.123 e. The van der Waals surface area contributed by atoms with Gasteiger partial charge in [-0.05, 0) is 24.3 Å². The van der Waals surface area contributed by atoms with E-state index in [1.807, 2.05) is 28.8 Å². The van der Waals surface area contributed by atoms with Crippen molar-refractivity contribution in [2.24, 2.45) is 0 Å². The predicted octanol–water partition coefficient (Wildman–Crippen LogP) is 4.03. The molecule has 0 radical (unpaired) electrons. The quantitative estimate of drug-likeness (QED) is 0.572. The van der Waals surface area contributed by atoms with E-state index >= 15 is 0 Å². The second-order valence-corrected chi connectivity index (χ2v) is 3.73. The van der Waals surface area contributed by atoms with Crippen molar-refractivity contribution in [2.45, 2.75) is 0 Å². The first-order chi connectivity index (χ1) is 7.81. The number of halogens is 1. The van der Waals surface area contributed by atoms with Crippen LogP contribution in [0.2, 0.25) is 0 Å². The lowest BCUT2D eigenvalue weighted by Gasteiger charge is -1.97. The van der Waals surface area contributed by atoms with Crippen molar-refractivity contribution in [2.75, 3.05) is 0 Å². The summed E-state index contributed by atoms with van der Waals surface area (Å²) < 4.78 is 15.2. The smallest absolute Gasteiger partial charge is 0.123 e. The fourth-order valence-electron chi connectivity index (χ4n) is 2.17. The van der Waals surface area contributed by atoms with Gasteiger partial charge in [-0.1, -0.05) is 24.8 Å². The van der Waals surface area contributed by atoms with E-state index in [2.05, 4.69) is 6.58 Å². The average molecular weight is 211 g/mol. The van der Waals surface area contributed by atoms with Gasteiger partial charge < -0.3 is 4.57 Å². The van der Waals surface area contributed by atoms with Gasteiger partial charge in [-0.15, -0.1) is 0 Å². The highest BCUT2D eigenvalue weighted by atomic mass is 19.1. The Bertz CT molecular complexity index is 694. The molecule has 0 amide bonds. The van der Waals surface area contributed by atoms with Gasteiger partial charge in [0.05, 0.1) is 11.0 Å². The molecule has 3 rings (SSSR count). The number of fused-ring (bicyclic) bond motifs is 3. The van der Waals surface area contributed by atoms with Crippen LogP contribution in [0.3, 0.4) is 0 Å². The molecule has 0 unspecified atom stereocenters. The number of aromatic nitrogens is 1. The summed E-state index contributed by atoms with van der Waals surface area (Å²) in [5, 5.41) is 1.98. The second kappa shape index (κ2) is 3.20. The van der Waals surface area contributed by atoms with Crippen molar-refractivity contribution in [1.29, 1.82) is 0 Å². The van der Waals surface area contributed by atoms with Gasteiger partial charge in [0.1, 0.15) is 5.82 Å². The topological polar surface area (TPSA) is 4.93 Å². The zero-order chi connectivity index (χ0) is 11.1. The maximum atomic E-state index is 13.2. The molecule has 2 heteroatoms. The molecule has 0 N–H and O–H groups in total. The third-order valence-electron chi connectivity index (χ3n) is 2.85. The molecule has 3 aromatic rings. The van der Waals surface area contributed by atoms with Crippen LogP contribution in [0.5, 0.6) is 0 Å². The van der Waals surface area contributed by atoms with E-state index in [1.54, 1.807) is 18.3 Å². The molecule has 1 nitrogen and oxygen atoms in total. The summed E-state index contributed by atoms with van der Waals surface area (Å²) in [6.07, 6.45) is 1.75. The largest absolute Gasteiger partial charge is 0.317 e. The molecule has 1 aromatic heterocycles. The van der Waals surface area contributed by atoms with E-state index < -0.39 is 0 Å². The Morgan fingerprint density at radius 3 is 2.56 bits per heavy atom. The molecule has 0 aliphatic heterocycles. The van der Waals surface area contributed by atoms with E-state index in [9.17, 15) is 4.39 Å². The number of hydrogen-bond donors (Lipinski definition) is 0. The Balaban J connectivity index is 2.64. The van der Waals surface area contributed by atoms with E-state index in [0.717, 1.165) is 21.8 Å². The number of para-hydroxylation sites is 1. The van der Waals surface area contributed by atoms with Crippen LogP contribution in [0.25, 0.3) is 28.0 Å². The summed E-state index contributed by atoms with van der Waals surface area (Å²) in [7, 11) is 0. The number of rotatable bonds is 1. The van der Waals surface area contributed by atoms with Crippen molar-refractivity contribution < 1.29 is 4.39 Å². The third-order valence-corrected chi connectivity index (χ3v) is 2.85. The van der Waals surface area contributed by atoms with Crippen molar-refractivity contribution in [3.05, 3.63) is 54.9 Å². The molecule has 0 aliphatic rings. The third kappa shape index (κ3) is 1.10. The Labute approximate surface area is 92.4 Å². The Morgan fingerprint density at radius 2 is 1.75 bits per heavy atom. The summed E-state index contributed by atoms with van der Waals surface area (Å²) >= 11 is 0. The maximum absolute atomic E-state index is 13.2. The molecule has 0 saturated heterocycles. The van der Waals surface area contributed by atoms with Crippen LogP contribution in [0.15, 0.2) is 49.0 Å². The highest BCUT2D eigenvalue weighted by molar-refractivity contribution is 6.09. The zero-order valence-electron chi connectivity index (χ0n) is 8.65. The summed E-state index contributed by atoms with van der Waals surface area (Å²) in [5.41, 5.74) is 2.04. The lowest BCUT2D eigenvalue weighted by molar-refractivity contribution is 0.630. The first kappa shape index (κ1) is 9.16. The van der Waals surface area contributed by atoms with Gasteiger partial charge in [-0.25, -0.2) is 4.39 Å². The molecule has 0 saturated carbocycles. The van der Waals surface area contributed by atoms with Crippen LogP contribution in [-0.4, -0.2) is 4.57 Å². The summed E-state index contributed by atoms with van der Waals surface area (Å²) in [5.74, 6) is -0.209. The van der Waals surface area contributed by atoms with Crippen LogP contribution in [-0.2, 0) is 0 Å². The molecule has 78 valence electrons. The van der Waals surface area contributed by atoms with Crippen molar-refractivity contribution in [3.8, 4) is 0 Å². The van der Waals surface area contributed by atoms with Gasteiger partial charge in [-0.3, -0.25) is 0 Å². The molecule has 0 fully saturated rings. The van der Waals surface area contributed by atoms with Crippen molar-refractivity contribution in [1.82, 2.24) is 4.57 Å². The fraction of sp³-hybridized carbons (Fsp3) is 0. The van der Waals surface area contributed by atoms with Gasteiger partial charge >= 0.3 is 0 Å². The highest BCUT2D eigenvalue weighted by Gasteiger charge is 2.08. The minimum Gasteiger partial charge on any atom is -0.317 e.